The lowest BCUT2D eigenvalue weighted by atomic mass is 10.0. The molecule has 3 rings (SSSR count). The normalized spacial score (nSPS) is 21.6. The van der Waals surface area contributed by atoms with E-state index in [1.54, 1.807) is 11.3 Å². The zero-order valence-electron chi connectivity index (χ0n) is 14.7. The third-order valence-electron chi connectivity index (χ3n) is 4.36. The molecule has 2 aromatic rings. The third kappa shape index (κ3) is 4.44. The number of aliphatic hydroxyl groups is 1. The number of carbonyl (C=O) groups excluding carboxylic acids is 1. The highest BCUT2D eigenvalue weighted by Gasteiger charge is 2.30. The molecule has 0 saturated carbocycles. The molecule has 0 aromatic carbocycles. The maximum atomic E-state index is 12.6. The molecule has 0 unspecified atom stereocenters. The first-order valence-electron chi connectivity index (χ1n) is 8.49. The smallest absolute Gasteiger partial charge is 0.263 e. The van der Waals surface area contributed by atoms with Crippen molar-refractivity contribution in [3.8, 4) is 0 Å². The number of aryl methyl sites for hydroxylation is 1. The molecule has 1 amide bonds. The Morgan fingerprint density at radius 1 is 1.52 bits per heavy atom. The van der Waals surface area contributed by atoms with E-state index in [4.69, 9.17) is 0 Å². The van der Waals surface area contributed by atoms with E-state index in [0.717, 1.165) is 35.9 Å². The molecule has 0 bridgehead atoms. The van der Waals surface area contributed by atoms with Crippen LogP contribution in [-0.2, 0) is 6.54 Å². The summed E-state index contributed by atoms with van der Waals surface area (Å²) in [5, 5.41) is 16.4. The maximum Gasteiger partial charge on any atom is 0.263 e. The Bertz CT molecular complexity index is 714. The van der Waals surface area contributed by atoms with E-state index in [9.17, 15) is 9.90 Å². The third-order valence-corrected chi connectivity index (χ3v) is 6.46. The monoisotopic (exact) mass is 380 g/mol. The van der Waals surface area contributed by atoms with Crippen LogP contribution in [0.1, 0.15) is 52.3 Å². The predicted molar refractivity (Wildman–Crippen MR) is 100 cm³/mol. The van der Waals surface area contributed by atoms with Crippen LogP contribution >= 0.6 is 22.7 Å². The summed E-state index contributed by atoms with van der Waals surface area (Å²) in [6.45, 7) is 8.13. The number of piperidine rings is 1. The second-order valence-electron chi connectivity index (χ2n) is 6.77. The standard InChI is InChI=1S/C17H24N4O2S2/c1-10(2)17-19-11(3)15(25-17)16(23)20-13-4-5-21(7-14(13)22)6-12-8-24-9-18-12/h8-10,13-14,22H,4-7H2,1-3H3,(H,20,23)/t13-,14-/m1/s1. The summed E-state index contributed by atoms with van der Waals surface area (Å²) in [5.74, 6) is 0.184. The number of aliphatic hydroxyl groups excluding tert-OH is 1. The molecule has 1 fully saturated rings. The first-order chi connectivity index (χ1) is 11.9. The Kier molecular flexibility index (Phi) is 5.83. The van der Waals surface area contributed by atoms with Crippen molar-refractivity contribution >= 4 is 28.6 Å². The van der Waals surface area contributed by atoms with Crippen molar-refractivity contribution in [2.75, 3.05) is 13.1 Å². The van der Waals surface area contributed by atoms with Crippen LogP contribution in [0.25, 0.3) is 0 Å². The Hall–Kier alpha value is -1.35. The van der Waals surface area contributed by atoms with Gasteiger partial charge in [-0.1, -0.05) is 13.8 Å². The van der Waals surface area contributed by atoms with E-state index in [-0.39, 0.29) is 11.9 Å². The second-order valence-corrected chi connectivity index (χ2v) is 8.52. The molecule has 3 heterocycles. The average Bonchev–Trinajstić information content (AvgIpc) is 3.19. The first-order valence-corrected chi connectivity index (χ1v) is 10.3. The number of thiazole rings is 2. The van der Waals surface area contributed by atoms with Crippen molar-refractivity contribution in [3.05, 3.63) is 32.2 Å². The predicted octanol–water partition coefficient (Wildman–Crippen LogP) is 2.40. The summed E-state index contributed by atoms with van der Waals surface area (Å²) in [6.07, 6.45) is 0.153. The van der Waals surface area contributed by atoms with Gasteiger partial charge < -0.3 is 10.4 Å². The first kappa shape index (κ1) is 18.4. The molecule has 1 aliphatic rings. The van der Waals surface area contributed by atoms with Gasteiger partial charge in [0, 0.05) is 30.9 Å². The zero-order valence-corrected chi connectivity index (χ0v) is 16.4. The highest BCUT2D eigenvalue weighted by Crippen LogP contribution is 2.25. The number of amides is 1. The van der Waals surface area contributed by atoms with Gasteiger partial charge in [0.05, 0.1) is 34.1 Å². The molecule has 8 heteroatoms. The van der Waals surface area contributed by atoms with Crippen LogP contribution in [0.3, 0.4) is 0 Å². The Balaban J connectivity index is 1.57. The van der Waals surface area contributed by atoms with Crippen LogP contribution in [0.15, 0.2) is 10.9 Å². The molecular weight excluding hydrogens is 356 g/mol. The zero-order chi connectivity index (χ0) is 18.0. The van der Waals surface area contributed by atoms with E-state index >= 15 is 0 Å². The average molecular weight is 381 g/mol. The minimum atomic E-state index is -0.575. The van der Waals surface area contributed by atoms with Gasteiger partial charge in [-0.2, -0.15) is 0 Å². The number of hydrogen-bond donors (Lipinski definition) is 2. The van der Waals surface area contributed by atoms with Crippen molar-refractivity contribution in [2.24, 2.45) is 0 Å². The summed E-state index contributed by atoms with van der Waals surface area (Å²) in [7, 11) is 0. The fraction of sp³-hybridized carbons (Fsp3) is 0.588. The van der Waals surface area contributed by atoms with Gasteiger partial charge in [-0.15, -0.1) is 22.7 Å². The van der Waals surface area contributed by atoms with E-state index in [2.05, 4.69) is 34.0 Å². The SMILES string of the molecule is Cc1nc(C(C)C)sc1C(=O)N[C@@H]1CCN(Cc2cscn2)C[C@H]1O. The summed E-state index contributed by atoms with van der Waals surface area (Å²) in [5.41, 5.74) is 3.62. The highest BCUT2D eigenvalue weighted by molar-refractivity contribution is 7.13. The molecule has 1 saturated heterocycles. The molecule has 6 nitrogen and oxygen atoms in total. The molecule has 0 spiro atoms. The van der Waals surface area contributed by atoms with Crippen molar-refractivity contribution in [2.45, 2.75) is 51.8 Å². The highest BCUT2D eigenvalue weighted by atomic mass is 32.1. The van der Waals surface area contributed by atoms with Gasteiger partial charge in [-0.3, -0.25) is 9.69 Å². The molecule has 136 valence electrons. The lowest BCUT2D eigenvalue weighted by Gasteiger charge is -2.35. The van der Waals surface area contributed by atoms with E-state index in [0.29, 0.717) is 17.3 Å². The van der Waals surface area contributed by atoms with E-state index in [1.165, 1.54) is 11.3 Å². The number of nitrogens with zero attached hydrogens (tertiary/aromatic N) is 3. The molecule has 25 heavy (non-hydrogen) atoms. The summed E-state index contributed by atoms with van der Waals surface area (Å²) in [6, 6.07) is -0.219. The number of nitrogens with one attached hydrogen (secondary N) is 1. The van der Waals surface area contributed by atoms with Gasteiger partial charge in [-0.25, -0.2) is 9.97 Å². The number of carbonyl (C=O) groups is 1. The van der Waals surface area contributed by atoms with Gasteiger partial charge in [0.15, 0.2) is 0 Å². The molecule has 1 aliphatic heterocycles. The van der Waals surface area contributed by atoms with Crippen molar-refractivity contribution in [1.29, 1.82) is 0 Å². The van der Waals surface area contributed by atoms with Crippen LogP contribution in [0.5, 0.6) is 0 Å². The Labute approximate surface area is 155 Å². The Morgan fingerprint density at radius 3 is 2.92 bits per heavy atom. The van der Waals surface area contributed by atoms with Gasteiger partial charge in [-0.05, 0) is 13.3 Å². The molecule has 2 atom stereocenters. The lowest BCUT2D eigenvalue weighted by molar-refractivity contribution is 0.0346. The summed E-state index contributed by atoms with van der Waals surface area (Å²) >= 11 is 3.03. The van der Waals surface area contributed by atoms with Crippen LogP contribution < -0.4 is 5.32 Å². The van der Waals surface area contributed by atoms with Crippen molar-refractivity contribution < 1.29 is 9.90 Å². The summed E-state index contributed by atoms with van der Waals surface area (Å²) < 4.78 is 0. The van der Waals surface area contributed by atoms with Gasteiger partial charge in [0.1, 0.15) is 4.88 Å². The van der Waals surface area contributed by atoms with Crippen LogP contribution in [0.4, 0.5) is 0 Å². The molecule has 0 aliphatic carbocycles. The van der Waals surface area contributed by atoms with Crippen LogP contribution in [0.2, 0.25) is 0 Å². The molecule has 0 radical (unpaired) electrons. The lowest BCUT2D eigenvalue weighted by Crippen LogP contribution is -2.53. The quantitative estimate of drug-likeness (QED) is 0.833. The van der Waals surface area contributed by atoms with Gasteiger partial charge in [0.2, 0.25) is 0 Å². The minimum absolute atomic E-state index is 0.126. The van der Waals surface area contributed by atoms with Crippen LogP contribution in [-0.4, -0.2) is 51.1 Å². The Morgan fingerprint density at radius 2 is 2.32 bits per heavy atom. The van der Waals surface area contributed by atoms with Crippen molar-refractivity contribution in [3.63, 3.8) is 0 Å². The van der Waals surface area contributed by atoms with E-state index < -0.39 is 6.10 Å². The van der Waals surface area contributed by atoms with Gasteiger partial charge >= 0.3 is 0 Å². The van der Waals surface area contributed by atoms with Gasteiger partial charge in [0.25, 0.3) is 5.91 Å². The van der Waals surface area contributed by atoms with Crippen molar-refractivity contribution in [1.82, 2.24) is 20.2 Å². The fourth-order valence-corrected chi connectivity index (χ4v) is 4.48. The fourth-order valence-electron chi connectivity index (χ4n) is 2.96. The van der Waals surface area contributed by atoms with Crippen LogP contribution in [0, 0.1) is 6.92 Å². The topological polar surface area (TPSA) is 78.4 Å². The number of aromatic nitrogens is 2. The number of likely N-dealkylation sites (tertiary alicyclic amines) is 1. The largest absolute Gasteiger partial charge is 0.390 e. The number of hydrogen-bond acceptors (Lipinski definition) is 7. The van der Waals surface area contributed by atoms with E-state index in [1.807, 2.05) is 17.8 Å². The maximum absolute atomic E-state index is 12.6. The molecule has 2 aromatic heterocycles. The number of β-amino-alcohol motifs (C(OH)–C–C–N with tert-alkyl or cyclic N) is 1. The summed E-state index contributed by atoms with van der Waals surface area (Å²) in [4.78, 5) is 24.2. The second kappa shape index (κ2) is 7.90. The number of rotatable bonds is 5. The minimum Gasteiger partial charge on any atom is -0.390 e. The molecule has 2 N–H and O–H groups in total. The molecular formula is C17H24N4O2S2.